The van der Waals surface area contributed by atoms with Gasteiger partial charge >= 0.3 is 5.97 Å². The molecule has 2 N–H and O–H groups in total. The maximum atomic E-state index is 12.0. The minimum atomic E-state index is -1.10. The van der Waals surface area contributed by atoms with Crippen molar-refractivity contribution in [2.24, 2.45) is 0 Å². The van der Waals surface area contributed by atoms with E-state index in [1.165, 1.54) is 18.2 Å². The number of thiol groups is 1. The molecule has 120 valence electrons. The minimum Gasteiger partial charge on any atom is -0.478 e. The maximum Gasteiger partial charge on any atom is 0.337 e. The van der Waals surface area contributed by atoms with Crippen molar-refractivity contribution in [3.05, 3.63) is 64.2 Å². The molecular weight excluding hydrogens is 334 g/mol. The molecule has 0 fully saturated rings. The fourth-order valence-corrected chi connectivity index (χ4v) is 2.76. The standard InChI is InChI=1S/C17H16ClNO3S/c18-15-9-13(6-7-14(15)17(21)22)19-16(20)8-5-11-3-1-2-4-12(11)10-23/h1-4,6-7,9,23H,5,8,10H2,(H,19,20)(H,21,22). The molecule has 0 bridgehead atoms. The number of carboxylic acid groups (broad SMARTS) is 1. The van der Waals surface area contributed by atoms with E-state index in [1.54, 1.807) is 0 Å². The Hall–Kier alpha value is -1.98. The van der Waals surface area contributed by atoms with Crippen LogP contribution >= 0.6 is 24.2 Å². The SMILES string of the molecule is O=C(CCc1ccccc1CS)Nc1ccc(C(=O)O)c(Cl)c1. The molecule has 0 saturated heterocycles. The van der Waals surface area contributed by atoms with E-state index in [2.05, 4.69) is 17.9 Å². The number of halogens is 1. The second kappa shape index (κ2) is 8.04. The van der Waals surface area contributed by atoms with E-state index in [4.69, 9.17) is 16.7 Å². The van der Waals surface area contributed by atoms with Crippen LogP contribution in [0, 0.1) is 0 Å². The average Bonchev–Trinajstić information content (AvgIpc) is 2.53. The molecule has 0 atom stereocenters. The van der Waals surface area contributed by atoms with E-state index in [-0.39, 0.29) is 16.5 Å². The minimum absolute atomic E-state index is 0.00683. The van der Waals surface area contributed by atoms with Crippen LogP contribution in [0.2, 0.25) is 5.02 Å². The first-order chi connectivity index (χ1) is 11.0. The van der Waals surface area contributed by atoms with Gasteiger partial charge in [-0.15, -0.1) is 0 Å². The zero-order valence-corrected chi connectivity index (χ0v) is 13.9. The van der Waals surface area contributed by atoms with Crippen molar-refractivity contribution in [3.63, 3.8) is 0 Å². The fourth-order valence-electron chi connectivity index (χ4n) is 2.19. The maximum absolute atomic E-state index is 12.0. The van der Waals surface area contributed by atoms with Crippen LogP contribution in [0.1, 0.15) is 27.9 Å². The van der Waals surface area contributed by atoms with Crippen molar-refractivity contribution in [1.82, 2.24) is 0 Å². The molecule has 2 aromatic carbocycles. The number of carbonyl (C=O) groups excluding carboxylic acids is 1. The number of anilines is 1. The second-order valence-electron chi connectivity index (χ2n) is 4.97. The van der Waals surface area contributed by atoms with Gasteiger partial charge in [-0.1, -0.05) is 35.9 Å². The number of carboxylic acids is 1. The first-order valence-corrected chi connectivity index (χ1v) is 8.02. The number of carbonyl (C=O) groups is 2. The molecule has 0 unspecified atom stereocenters. The zero-order chi connectivity index (χ0) is 16.8. The van der Waals surface area contributed by atoms with E-state index in [9.17, 15) is 9.59 Å². The molecule has 6 heteroatoms. The van der Waals surface area contributed by atoms with Crippen molar-refractivity contribution in [2.75, 3.05) is 5.32 Å². The number of aryl methyl sites for hydroxylation is 1. The van der Waals surface area contributed by atoms with Crippen LogP contribution in [-0.4, -0.2) is 17.0 Å². The zero-order valence-electron chi connectivity index (χ0n) is 12.3. The van der Waals surface area contributed by atoms with Crippen LogP contribution in [0.25, 0.3) is 0 Å². The van der Waals surface area contributed by atoms with E-state index in [1.807, 2.05) is 24.3 Å². The monoisotopic (exact) mass is 349 g/mol. The number of hydrogen-bond acceptors (Lipinski definition) is 3. The molecule has 0 aromatic heterocycles. The summed E-state index contributed by atoms with van der Waals surface area (Å²) in [6.07, 6.45) is 0.937. The van der Waals surface area contributed by atoms with Gasteiger partial charge in [-0.25, -0.2) is 4.79 Å². The van der Waals surface area contributed by atoms with Crippen molar-refractivity contribution in [1.29, 1.82) is 0 Å². The third kappa shape index (κ3) is 4.74. The molecule has 2 aromatic rings. The Morgan fingerprint density at radius 2 is 1.83 bits per heavy atom. The van der Waals surface area contributed by atoms with Gasteiger partial charge < -0.3 is 10.4 Å². The number of aromatic carboxylic acids is 1. The first kappa shape index (κ1) is 17.4. The van der Waals surface area contributed by atoms with Crippen LogP contribution in [0.5, 0.6) is 0 Å². The molecule has 0 aliphatic carbocycles. The Balaban J connectivity index is 1.97. The molecule has 0 saturated carbocycles. The van der Waals surface area contributed by atoms with Crippen LogP contribution in [-0.2, 0) is 17.0 Å². The first-order valence-electron chi connectivity index (χ1n) is 7.01. The molecule has 4 nitrogen and oxygen atoms in total. The van der Waals surface area contributed by atoms with Crippen molar-refractivity contribution in [2.45, 2.75) is 18.6 Å². The summed E-state index contributed by atoms with van der Waals surface area (Å²) in [5, 5.41) is 11.7. The lowest BCUT2D eigenvalue weighted by molar-refractivity contribution is -0.116. The largest absolute Gasteiger partial charge is 0.478 e. The Morgan fingerprint density at radius 3 is 2.43 bits per heavy atom. The predicted molar refractivity (Wildman–Crippen MR) is 94.5 cm³/mol. The number of amides is 1. The molecule has 0 aliphatic rings. The third-order valence-electron chi connectivity index (χ3n) is 3.39. The van der Waals surface area contributed by atoms with E-state index in [0.29, 0.717) is 24.3 Å². The Bertz CT molecular complexity index is 734. The van der Waals surface area contributed by atoms with Gasteiger partial charge in [0, 0.05) is 17.9 Å². The lowest BCUT2D eigenvalue weighted by atomic mass is 10.0. The summed E-state index contributed by atoms with van der Waals surface area (Å²) in [5.74, 6) is -0.626. The summed E-state index contributed by atoms with van der Waals surface area (Å²) in [5.41, 5.74) is 2.69. The molecule has 1 amide bonds. The van der Waals surface area contributed by atoms with Gasteiger partial charge in [0.15, 0.2) is 0 Å². The summed E-state index contributed by atoms with van der Waals surface area (Å²) in [6.45, 7) is 0. The fraction of sp³-hybridized carbons (Fsp3) is 0.176. The number of rotatable bonds is 6. The molecule has 0 radical (unpaired) electrons. The highest BCUT2D eigenvalue weighted by atomic mass is 35.5. The molecule has 23 heavy (non-hydrogen) atoms. The van der Waals surface area contributed by atoms with Crippen LogP contribution < -0.4 is 5.32 Å². The van der Waals surface area contributed by atoms with Crippen molar-refractivity contribution < 1.29 is 14.7 Å². The van der Waals surface area contributed by atoms with Crippen LogP contribution in [0.4, 0.5) is 5.69 Å². The highest BCUT2D eigenvalue weighted by Gasteiger charge is 2.10. The lowest BCUT2D eigenvalue weighted by Gasteiger charge is -2.09. The van der Waals surface area contributed by atoms with Gasteiger partial charge in [0.05, 0.1) is 10.6 Å². The molecule has 0 heterocycles. The Labute approximate surface area is 144 Å². The van der Waals surface area contributed by atoms with Gasteiger partial charge in [0.1, 0.15) is 0 Å². The van der Waals surface area contributed by atoms with Gasteiger partial charge in [0.25, 0.3) is 0 Å². The summed E-state index contributed by atoms with van der Waals surface area (Å²) in [6, 6.07) is 12.2. The van der Waals surface area contributed by atoms with E-state index < -0.39 is 5.97 Å². The van der Waals surface area contributed by atoms with Gasteiger partial charge in [-0.2, -0.15) is 12.6 Å². The van der Waals surface area contributed by atoms with Gasteiger partial charge in [-0.3, -0.25) is 4.79 Å². The van der Waals surface area contributed by atoms with Gasteiger partial charge in [0.2, 0.25) is 5.91 Å². The van der Waals surface area contributed by atoms with E-state index >= 15 is 0 Å². The molecule has 0 aliphatic heterocycles. The van der Waals surface area contributed by atoms with Crippen LogP contribution in [0.3, 0.4) is 0 Å². The second-order valence-corrected chi connectivity index (χ2v) is 5.70. The smallest absolute Gasteiger partial charge is 0.337 e. The topological polar surface area (TPSA) is 66.4 Å². The summed E-state index contributed by atoms with van der Waals surface area (Å²) in [4.78, 5) is 22.9. The van der Waals surface area contributed by atoms with Crippen LogP contribution in [0.15, 0.2) is 42.5 Å². The lowest BCUT2D eigenvalue weighted by Crippen LogP contribution is -2.13. The average molecular weight is 350 g/mol. The van der Waals surface area contributed by atoms with Gasteiger partial charge in [-0.05, 0) is 35.7 Å². The Morgan fingerprint density at radius 1 is 1.13 bits per heavy atom. The van der Waals surface area contributed by atoms with E-state index in [0.717, 1.165) is 11.1 Å². The molecular formula is C17H16ClNO3S. The van der Waals surface area contributed by atoms with Crippen molar-refractivity contribution >= 4 is 41.8 Å². The summed E-state index contributed by atoms with van der Waals surface area (Å²) in [7, 11) is 0. The number of hydrogen-bond donors (Lipinski definition) is 3. The van der Waals surface area contributed by atoms with Crippen molar-refractivity contribution in [3.8, 4) is 0 Å². The normalized spacial score (nSPS) is 10.3. The quantitative estimate of drug-likeness (QED) is 0.689. The number of benzene rings is 2. The third-order valence-corrected chi connectivity index (χ3v) is 4.05. The summed E-state index contributed by atoms with van der Waals surface area (Å²) < 4.78 is 0. The highest BCUT2D eigenvalue weighted by Crippen LogP contribution is 2.21. The Kier molecular flexibility index (Phi) is 6.07. The summed E-state index contributed by atoms with van der Waals surface area (Å²) >= 11 is 10.2. The molecule has 2 rings (SSSR count). The highest BCUT2D eigenvalue weighted by molar-refractivity contribution is 7.79. The molecule has 0 spiro atoms. The predicted octanol–water partition coefficient (Wildman–Crippen LogP) is 4.04. The number of nitrogens with one attached hydrogen (secondary N) is 1.